The average molecular weight is 514 g/mol. The van der Waals surface area contributed by atoms with Gasteiger partial charge >= 0.3 is 5.97 Å². The van der Waals surface area contributed by atoms with Crippen LogP contribution in [0.25, 0.3) is 22.3 Å². The molecule has 4 aromatic rings. The lowest BCUT2D eigenvalue weighted by molar-refractivity contribution is 0.0695. The molecule has 0 amide bonds. The third-order valence-electron chi connectivity index (χ3n) is 6.24. The molecule has 0 bridgehead atoms. The molecule has 1 fully saturated rings. The van der Waals surface area contributed by atoms with Crippen molar-refractivity contribution in [2.45, 2.75) is 45.2 Å². The fourth-order valence-corrected chi connectivity index (χ4v) is 4.29. The van der Waals surface area contributed by atoms with Gasteiger partial charge < -0.3 is 29.0 Å². The third-order valence-corrected chi connectivity index (χ3v) is 6.24. The van der Waals surface area contributed by atoms with Crippen LogP contribution in [0.2, 0.25) is 0 Å². The highest BCUT2D eigenvalue weighted by atomic mass is 35.5. The molecule has 2 N–H and O–H groups in total. The molecular formula is C25H28ClN5O5. The Hall–Kier alpha value is -3.79. The van der Waals surface area contributed by atoms with Gasteiger partial charge in [0.05, 0.1) is 19.6 Å². The first kappa shape index (κ1) is 25.3. The second kappa shape index (κ2) is 10.1. The van der Waals surface area contributed by atoms with Crippen molar-refractivity contribution in [3.05, 3.63) is 47.6 Å². The third kappa shape index (κ3) is 4.44. The molecule has 5 rings (SSSR count). The summed E-state index contributed by atoms with van der Waals surface area (Å²) >= 11 is 0. The van der Waals surface area contributed by atoms with Gasteiger partial charge in [-0.15, -0.1) is 12.4 Å². The number of hydrogen-bond acceptors (Lipinski definition) is 8. The number of aromatic nitrogens is 4. The summed E-state index contributed by atoms with van der Waals surface area (Å²) in [5.41, 5.74) is 2.62. The van der Waals surface area contributed by atoms with Crippen LogP contribution >= 0.6 is 12.4 Å². The Bertz CT molecular complexity index is 1410. The van der Waals surface area contributed by atoms with Crippen molar-refractivity contribution < 1.29 is 23.9 Å². The van der Waals surface area contributed by atoms with E-state index >= 15 is 0 Å². The van der Waals surface area contributed by atoms with Gasteiger partial charge in [0.1, 0.15) is 40.5 Å². The number of hydrogen-bond donors (Lipinski definition) is 2. The van der Waals surface area contributed by atoms with Gasteiger partial charge in [-0.1, -0.05) is 5.16 Å². The summed E-state index contributed by atoms with van der Waals surface area (Å²) in [5.74, 6) is 1.44. The maximum absolute atomic E-state index is 12.2. The lowest BCUT2D eigenvalue weighted by Gasteiger charge is -2.13. The van der Waals surface area contributed by atoms with Gasteiger partial charge in [0.2, 0.25) is 0 Å². The van der Waals surface area contributed by atoms with E-state index in [1.165, 1.54) is 6.33 Å². The molecule has 0 radical (unpaired) electrons. The Morgan fingerprint density at radius 3 is 2.67 bits per heavy atom. The average Bonchev–Trinajstić information content (AvgIpc) is 3.47. The highest BCUT2D eigenvalue weighted by Gasteiger charge is 2.36. The lowest BCUT2D eigenvalue weighted by atomic mass is 10.0. The zero-order valence-corrected chi connectivity index (χ0v) is 21.3. The Labute approximate surface area is 214 Å². The van der Waals surface area contributed by atoms with Crippen LogP contribution in [0.5, 0.6) is 11.5 Å². The molecule has 1 aliphatic rings. The molecule has 0 spiro atoms. The molecule has 0 saturated heterocycles. The number of aromatic carboxylic acids is 1. The number of nitrogens with zero attached hydrogens (tertiary/aromatic N) is 4. The minimum atomic E-state index is -1.05. The Kier molecular flexibility index (Phi) is 7.07. The van der Waals surface area contributed by atoms with Gasteiger partial charge in [0.25, 0.3) is 0 Å². The van der Waals surface area contributed by atoms with E-state index < -0.39 is 5.97 Å². The Morgan fingerprint density at radius 1 is 1.25 bits per heavy atom. The van der Waals surface area contributed by atoms with Crippen molar-refractivity contribution in [2.24, 2.45) is 0 Å². The first-order valence-corrected chi connectivity index (χ1v) is 11.5. The fraction of sp³-hybridized carbons (Fsp3) is 0.360. The highest BCUT2D eigenvalue weighted by molar-refractivity contribution is 6.05. The van der Waals surface area contributed by atoms with Gasteiger partial charge in [0, 0.05) is 41.9 Å². The molecule has 0 aliphatic heterocycles. The van der Waals surface area contributed by atoms with Crippen LogP contribution < -0.4 is 14.8 Å². The summed E-state index contributed by atoms with van der Waals surface area (Å²) in [7, 11) is 3.21. The number of carboxylic acid groups (broad SMARTS) is 1. The molecule has 1 saturated carbocycles. The number of benzene rings is 1. The number of ether oxygens (including phenoxy) is 2. The van der Waals surface area contributed by atoms with Crippen molar-refractivity contribution in [2.75, 3.05) is 19.5 Å². The van der Waals surface area contributed by atoms with E-state index in [0.717, 1.165) is 18.4 Å². The van der Waals surface area contributed by atoms with Crippen LogP contribution in [0.4, 0.5) is 5.82 Å². The normalized spacial score (nSPS) is 13.0. The van der Waals surface area contributed by atoms with Crippen LogP contribution in [0.3, 0.4) is 0 Å². The van der Waals surface area contributed by atoms with Crippen molar-refractivity contribution in [3.8, 4) is 22.8 Å². The van der Waals surface area contributed by atoms with Crippen LogP contribution in [0.15, 0.2) is 35.2 Å². The van der Waals surface area contributed by atoms with Crippen LogP contribution in [-0.4, -0.2) is 45.0 Å². The standard InChI is InChI=1S/C25H27N5O5.ClH/c1-13(2)30-11-17(21-20(25(31)32)22(35-29-21)14-5-6-14)19-23(27-12-28-24(19)30)26-10-15-7-8-16(33-3)9-18(15)34-4;/h7-9,11-14H,5-6,10H2,1-4H3,(H,31,32)(H,26,27,28);1H. The number of nitrogens with one attached hydrogen (secondary N) is 1. The summed E-state index contributed by atoms with van der Waals surface area (Å²) in [6.45, 7) is 4.50. The quantitative estimate of drug-likeness (QED) is 0.307. The second-order valence-electron chi connectivity index (χ2n) is 8.85. The minimum Gasteiger partial charge on any atom is -0.497 e. The van der Waals surface area contributed by atoms with Crippen LogP contribution in [-0.2, 0) is 6.54 Å². The van der Waals surface area contributed by atoms with Gasteiger partial charge in [0.15, 0.2) is 5.76 Å². The second-order valence-corrected chi connectivity index (χ2v) is 8.85. The summed E-state index contributed by atoms with van der Waals surface area (Å²) < 4.78 is 18.3. The number of rotatable bonds is 9. The van der Waals surface area contributed by atoms with Gasteiger partial charge in [-0.25, -0.2) is 14.8 Å². The summed E-state index contributed by atoms with van der Waals surface area (Å²) in [6, 6.07) is 5.69. The molecule has 0 unspecified atom stereocenters. The predicted molar refractivity (Wildman–Crippen MR) is 136 cm³/mol. The minimum absolute atomic E-state index is 0. The molecule has 190 valence electrons. The van der Waals surface area contributed by atoms with E-state index in [9.17, 15) is 9.90 Å². The summed E-state index contributed by atoms with van der Waals surface area (Å²) in [4.78, 5) is 21.2. The topological polar surface area (TPSA) is 125 Å². The monoisotopic (exact) mass is 513 g/mol. The van der Waals surface area contributed by atoms with E-state index in [-0.39, 0.29) is 29.9 Å². The van der Waals surface area contributed by atoms with Crippen molar-refractivity contribution in [3.63, 3.8) is 0 Å². The van der Waals surface area contributed by atoms with Gasteiger partial charge in [-0.3, -0.25) is 0 Å². The molecular weight excluding hydrogens is 486 g/mol. The number of fused-ring (bicyclic) bond motifs is 1. The Morgan fingerprint density at radius 2 is 2.03 bits per heavy atom. The molecule has 1 aromatic carbocycles. The molecule has 0 atom stereocenters. The molecule has 3 aromatic heterocycles. The van der Waals surface area contributed by atoms with Crippen molar-refractivity contribution >= 4 is 35.2 Å². The smallest absolute Gasteiger partial charge is 0.341 e. The molecule has 1 aliphatic carbocycles. The molecule has 11 heteroatoms. The van der Waals surface area contributed by atoms with E-state index in [0.29, 0.717) is 51.9 Å². The Balaban J connectivity index is 0.00000304. The van der Waals surface area contributed by atoms with E-state index in [1.54, 1.807) is 14.2 Å². The molecule has 36 heavy (non-hydrogen) atoms. The first-order valence-electron chi connectivity index (χ1n) is 11.5. The van der Waals surface area contributed by atoms with Crippen LogP contribution in [0.1, 0.15) is 60.3 Å². The summed E-state index contributed by atoms with van der Waals surface area (Å²) in [6.07, 6.45) is 5.18. The largest absolute Gasteiger partial charge is 0.497 e. The fourth-order valence-electron chi connectivity index (χ4n) is 4.29. The first-order chi connectivity index (χ1) is 16.9. The number of halogens is 1. The van der Waals surface area contributed by atoms with Gasteiger partial charge in [-0.05, 0) is 38.8 Å². The van der Waals surface area contributed by atoms with Crippen molar-refractivity contribution in [1.82, 2.24) is 19.7 Å². The van der Waals surface area contributed by atoms with Crippen molar-refractivity contribution in [1.29, 1.82) is 0 Å². The number of carboxylic acids is 1. The number of carbonyl (C=O) groups is 1. The number of anilines is 1. The van der Waals surface area contributed by atoms with E-state index in [2.05, 4.69) is 20.4 Å². The van der Waals surface area contributed by atoms with Crippen LogP contribution in [0, 0.1) is 0 Å². The molecule has 3 heterocycles. The summed E-state index contributed by atoms with van der Waals surface area (Å²) in [5, 5.41) is 18.3. The maximum Gasteiger partial charge on any atom is 0.341 e. The zero-order chi connectivity index (χ0) is 24.7. The SMILES string of the molecule is COc1ccc(CNc2ncnc3c2c(-c2noc(C4CC4)c2C(=O)O)cn3C(C)C)c(OC)c1.Cl. The lowest BCUT2D eigenvalue weighted by Crippen LogP contribution is -2.05. The van der Waals surface area contributed by atoms with E-state index in [1.807, 2.05) is 42.8 Å². The van der Waals surface area contributed by atoms with E-state index in [4.69, 9.17) is 14.0 Å². The number of methoxy groups -OCH3 is 2. The zero-order valence-electron chi connectivity index (χ0n) is 20.4. The maximum atomic E-state index is 12.2. The predicted octanol–water partition coefficient (Wildman–Crippen LogP) is 5.29. The molecule has 10 nitrogen and oxygen atoms in total. The highest BCUT2D eigenvalue weighted by Crippen LogP contribution is 2.45. The van der Waals surface area contributed by atoms with Gasteiger partial charge in [-0.2, -0.15) is 0 Å².